The molecule has 0 saturated carbocycles. The maximum Gasteiger partial charge on any atom is 0.120 e. The van der Waals surface area contributed by atoms with Crippen LogP contribution in [0.1, 0.15) is 11.1 Å². The van der Waals surface area contributed by atoms with Gasteiger partial charge in [-0.05, 0) is 35.5 Å². The zero-order chi connectivity index (χ0) is 13.7. The van der Waals surface area contributed by atoms with E-state index in [0.717, 1.165) is 0 Å². The molecule has 0 aliphatic carbocycles. The fourth-order valence-electron chi connectivity index (χ4n) is 1.70. The predicted octanol–water partition coefficient (Wildman–Crippen LogP) is 3.27. The average Bonchev–Trinajstić information content (AvgIpc) is 2.46. The summed E-state index contributed by atoms with van der Waals surface area (Å²) in [5.41, 5.74) is 1.99. The van der Waals surface area contributed by atoms with Crippen LogP contribution in [0, 0.1) is 16.2 Å². The molecule has 0 aliphatic rings. The summed E-state index contributed by atoms with van der Waals surface area (Å²) in [6, 6.07) is 13.5. The molecule has 0 spiro atoms. The van der Waals surface area contributed by atoms with Crippen LogP contribution in [-0.2, 0) is 6.54 Å². The Balaban J connectivity index is 2.19. The monoisotopic (exact) mass is 253 g/mol. The lowest BCUT2D eigenvalue weighted by atomic mass is 10.1. The van der Waals surface area contributed by atoms with Gasteiger partial charge < -0.3 is 10.4 Å². The Morgan fingerprint density at radius 1 is 1.26 bits per heavy atom. The maximum absolute atomic E-state index is 10.4. The van der Waals surface area contributed by atoms with Crippen LogP contribution in [0.15, 0.2) is 47.6 Å². The average molecular weight is 253 g/mol. The van der Waals surface area contributed by atoms with E-state index in [2.05, 4.69) is 16.6 Å². The van der Waals surface area contributed by atoms with Gasteiger partial charge in [-0.1, -0.05) is 12.1 Å². The standard InChI is InChI=1S/C14H11N3O2/c15-8-10-3-1-2-4-13(10)16-9-11-7-12(17-19)5-6-14(11)18/h1-7,16,18H,9H2. The molecule has 5 nitrogen and oxygen atoms in total. The van der Waals surface area contributed by atoms with Crippen LogP contribution in [0.2, 0.25) is 0 Å². The highest BCUT2D eigenvalue weighted by molar-refractivity contribution is 5.58. The first-order valence-electron chi connectivity index (χ1n) is 5.63. The van der Waals surface area contributed by atoms with E-state index in [-0.39, 0.29) is 11.4 Å². The number of rotatable bonds is 4. The fourth-order valence-corrected chi connectivity index (χ4v) is 1.70. The van der Waals surface area contributed by atoms with Crippen molar-refractivity contribution >= 4 is 11.4 Å². The number of nitriles is 1. The third-order valence-electron chi connectivity index (χ3n) is 2.69. The molecule has 2 rings (SSSR count). The van der Waals surface area contributed by atoms with Crippen LogP contribution >= 0.6 is 0 Å². The van der Waals surface area contributed by atoms with Crippen molar-refractivity contribution in [2.75, 3.05) is 5.32 Å². The predicted molar refractivity (Wildman–Crippen MR) is 72.0 cm³/mol. The van der Waals surface area contributed by atoms with Gasteiger partial charge >= 0.3 is 0 Å². The quantitative estimate of drug-likeness (QED) is 0.819. The van der Waals surface area contributed by atoms with Gasteiger partial charge in [0.2, 0.25) is 0 Å². The number of nitrogens with zero attached hydrogens (tertiary/aromatic N) is 2. The number of anilines is 1. The molecule has 0 amide bonds. The first kappa shape index (κ1) is 12.6. The lowest BCUT2D eigenvalue weighted by Gasteiger charge is -2.09. The number of aromatic hydroxyl groups is 1. The van der Waals surface area contributed by atoms with E-state index in [1.54, 1.807) is 18.2 Å². The summed E-state index contributed by atoms with van der Waals surface area (Å²) in [4.78, 5) is 10.4. The third kappa shape index (κ3) is 2.87. The number of hydrogen-bond donors (Lipinski definition) is 2. The van der Waals surface area contributed by atoms with E-state index >= 15 is 0 Å². The van der Waals surface area contributed by atoms with Gasteiger partial charge in [-0.3, -0.25) is 0 Å². The van der Waals surface area contributed by atoms with Gasteiger partial charge in [0.1, 0.15) is 17.5 Å². The molecule has 94 valence electrons. The maximum atomic E-state index is 10.4. The minimum atomic E-state index is 0.0781. The number of para-hydroxylation sites is 1. The molecule has 19 heavy (non-hydrogen) atoms. The number of hydrogen-bond acceptors (Lipinski definition) is 5. The molecule has 0 radical (unpaired) electrons. The molecule has 0 heterocycles. The van der Waals surface area contributed by atoms with Crippen LogP contribution in [0.3, 0.4) is 0 Å². The first-order valence-corrected chi connectivity index (χ1v) is 5.63. The summed E-state index contributed by atoms with van der Waals surface area (Å²) in [6.07, 6.45) is 0. The van der Waals surface area contributed by atoms with Crippen LogP contribution in [0.25, 0.3) is 0 Å². The minimum absolute atomic E-state index is 0.0781. The van der Waals surface area contributed by atoms with Crippen molar-refractivity contribution in [3.63, 3.8) is 0 Å². The third-order valence-corrected chi connectivity index (χ3v) is 2.69. The van der Waals surface area contributed by atoms with E-state index < -0.39 is 0 Å². The minimum Gasteiger partial charge on any atom is -0.508 e. The van der Waals surface area contributed by atoms with Gasteiger partial charge in [-0.15, -0.1) is 4.91 Å². The lowest BCUT2D eigenvalue weighted by Crippen LogP contribution is -2.01. The first-order chi connectivity index (χ1) is 9.24. The molecule has 0 unspecified atom stereocenters. The van der Waals surface area contributed by atoms with Crippen LogP contribution in [-0.4, -0.2) is 5.11 Å². The Bertz CT molecular complexity index is 647. The summed E-state index contributed by atoms with van der Waals surface area (Å²) in [5, 5.41) is 24.5. The molecule has 2 aromatic carbocycles. The smallest absolute Gasteiger partial charge is 0.120 e. The van der Waals surface area contributed by atoms with Gasteiger partial charge in [0.15, 0.2) is 0 Å². The van der Waals surface area contributed by atoms with Crippen molar-refractivity contribution in [3.8, 4) is 11.8 Å². The summed E-state index contributed by atoms with van der Waals surface area (Å²) < 4.78 is 0. The molecular weight excluding hydrogens is 242 g/mol. The van der Waals surface area contributed by atoms with Crippen LogP contribution < -0.4 is 5.32 Å². The van der Waals surface area contributed by atoms with E-state index in [9.17, 15) is 10.0 Å². The number of phenols is 1. The normalized spacial score (nSPS) is 9.63. The van der Waals surface area contributed by atoms with E-state index in [1.807, 2.05) is 6.07 Å². The number of nitroso groups, excluding NO2 is 1. The van der Waals surface area contributed by atoms with Crippen molar-refractivity contribution in [1.29, 1.82) is 5.26 Å². The fraction of sp³-hybridized carbons (Fsp3) is 0.0714. The summed E-state index contributed by atoms with van der Waals surface area (Å²) >= 11 is 0. The number of nitrogens with one attached hydrogen (secondary N) is 1. The summed E-state index contributed by atoms with van der Waals surface area (Å²) in [6.45, 7) is 0.299. The van der Waals surface area contributed by atoms with Crippen LogP contribution in [0.5, 0.6) is 5.75 Å². The van der Waals surface area contributed by atoms with Gasteiger partial charge in [0, 0.05) is 12.1 Å². The molecule has 0 atom stereocenters. The van der Waals surface area contributed by atoms with Gasteiger partial charge in [-0.25, -0.2) is 0 Å². The zero-order valence-electron chi connectivity index (χ0n) is 10.00. The molecule has 2 aromatic rings. The number of phenolic OH excluding ortho intramolecular Hbond substituents is 1. The SMILES string of the molecule is N#Cc1ccccc1NCc1cc(N=O)ccc1O. The Hall–Kier alpha value is -2.87. The second kappa shape index (κ2) is 5.65. The highest BCUT2D eigenvalue weighted by Crippen LogP contribution is 2.24. The van der Waals surface area contributed by atoms with Gasteiger partial charge in [0.05, 0.1) is 11.3 Å². The highest BCUT2D eigenvalue weighted by Gasteiger charge is 2.05. The topological polar surface area (TPSA) is 85.5 Å². The molecule has 5 heteroatoms. The second-order valence-corrected chi connectivity index (χ2v) is 3.92. The summed E-state index contributed by atoms with van der Waals surface area (Å²) in [7, 11) is 0. The molecule has 0 bridgehead atoms. The van der Waals surface area contributed by atoms with Crippen molar-refractivity contribution in [2.24, 2.45) is 5.18 Å². The van der Waals surface area contributed by atoms with Gasteiger partial charge in [0.25, 0.3) is 0 Å². The van der Waals surface area contributed by atoms with E-state index in [1.165, 1.54) is 18.2 Å². The Morgan fingerprint density at radius 3 is 2.79 bits per heavy atom. The van der Waals surface area contributed by atoms with Crippen molar-refractivity contribution in [3.05, 3.63) is 58.5 Å². The lowest BCUT2D eigenvalue weighted by molar-refractivity contribution is 0.469. The molecule has 0 saturated heterocycles. The largest absolute Gasteiger partial charge is 0.508 e. The zero-order valence-corrected chi connectivity index (χ0v) is 10.00. The molecule has 0 aromatic heterocycles. The summed E-state index contributed by atoms with van der Waals surface area (Å²) in [5.74, 6) is 0.0781. The van der Waals surface area contributed by atoms with Crippen LogP contribution in [0.4, 0.5) is 11.4 Å². The van der Waals surface area contributed by atoms with Crippen molar-refractivity contribution in [1.82, 2.24) is 0 Å². The highest BCUT2D eigenvalue weighted by atomic mass is 16.3. The Labute approximate surface area is 110 Å². The Morgan fingerprint density at radius 2 is 2.05 bits per heavy atom. The molecular formula is C14H11N3O2. The molecule has 2 N–H and O–H groups in total. The Kier molecular flexibility index (Phi) is 3.74. The van der Waals surface area contributed by atoms with E-state index in [0.29, 0.717) is 23.4 Å². The van der Waals surface area contributed by atoms with Crippen molar-refractivity contribution < 1.29 is 5.11 Å². The molecule has 0 fully saturated rings. The molecule has 0 aliphatic heterocycles. The second-order valence-electron chi connectivity index (χ2n) is 3.92. The number of benzene rings is 2. The van der Waals surface area contributed by atoms with E-state index in [4.69, 9.17) is 5.26 Å². The van der Waals surface area contributed by atoms with Gasteiger partial charge in [-0.2, -0.15) is 5.26 Å². The van der Waals surface area contributed by atoms with Crippen molar-refractivity contribution in [2.45, 2.75) is 6.54 Å².